The van der Waals surface area contributed by atoms with Crippen LogP contribution in [-0.4, -0.2) is 67.5 Å². The van der Waals surface area contributed by atoms with E-state index in [4.69, 9.17) is 28.4 Å². The average Bonchev–Trinajstić information content (AvgIpc) is 3.62. The lowest BCUT2D eigenvalue weighted by Gasteiger charge is -2.18. The van der Waals surface area contributed by atoms with E-state index >= 15 is 0 Å². The third-order valence-electron chi connectivity index (χ3n) is 6.22. The molecule has 3 aliphatic heterocycles. The van der Waals surface area contributed by atoms with Gasteiger partial charge in [0.15, 0.2) is 17.6 Å². The molecule has 0 radical (unpaired) electrons. The molecule has 6 rings (SSSR count). The fourth-order valence-corrected chi connectivity index (χ4v) is 4.49. The highest BCUT2D eigenvalue weighted by atomic mass is 16.7. The molecule has 0 saturated carbocycles. The molecule has 186 valence electrons. The Morgan fingerprint density at radius 1 is 1.03 bits per heavy atom. The Kier molecular flexibility index (Phi) is 5.91. The van der Waals surface area contributed by atoms with Gasteiger partial charge >= 0.3 is 6.09 Å². The maximum atomic E-state index is 12.4. The van der Waals surface area contributed by atoms with Gasteiger partial charge in [0.2, 0.25) is 12.7 Å². The summed E-state index contributed by atoms with van der Waals surface area (Å²) in [4.78, 5) is 21.4. The van der Waals surface area contributed by atoms with Crippen LogP contribution >= 0.6 is 0 Å². The third-order valence-corrected chi connectivity index (χ3v) is 6.22. The van der Waals surface area contributed by atoms with Crippen molar-refractivity contribution in [3.63, 3.8) is 0 Å². The first-order valence-corrected chi connectivity index (χ1v) is 11.5. The van der Waals surface area contributed by atoms with Gasteiger partial charge in [-0.15, -0.1) is 0 Å². The van der Waals surface area contributed by atoms with E-state index in [9.17, 15) is 4.79 Å². The molecule has 11 heteroatoms. The summed E-state index contributed by atoms with van der Waals surface area (Å²) >= 11 is 0. The molecule has 0 bridgehead atoms. The molecule has 3 aliphatic rings. The number of methoxy groups -OCH3 is 1. The number of nitrogens with zero attached hydrogens (tertiary/aromatic N) is 2. The van der Waals surface area contributed by atoms with Crippen LogP contribution in [0.25, 0.3) is 11.3 Å². The number of anilines is 2. The summed E-state index contributed by atoms with van der Waals surface area (Å²) in [6.07, 6.45) is -0.133. The Labute approximate surface area is 206 Å². The van der Waals surface area contributed by atoms with Crippen LogP contribution in [0.3, 0.4) is 0 Å². The Morgan fingerprint density at radius 3 is 2.83 bits per heavy atom. The number of carbonyl (C=O) groups excluding carboxylic acids is 1. The van der Waals surface area contributed by atoms with Crippen molar-refractivity contribution < 1.29 is 33.2 Å². The van der Waals surface area contributed by atoms with E-state index in [0.29, 0.717) is 35.5 Å². The number of rotatable bonds is 6. The quantitative estimate of drug-likeness (QED) is 0.531. The molecule has 0 spiro atoms. The van der Waals surface area contributed by atoms with E-state index in [0.717, 1.165) is 11.3 Å². The molecule has 2 saturated heterocycles. The van der Waals surface area contributed by atoms with Crippen molar-refractivity contribution in [1.82, 2.24) is 9.97 Å². The topological polar surface area (TPSA) is 122 Å². The van der Waals surface area contributed by atoms with Crippen molar-refractivity contribution in [3.05, 3.63) is 54.7 Å². The van der Waals surface area contributed by atoms with E-state index in [1.54, 1.807) is 37.6 Å². The monoisotopic (exact) mass is 492 g/mol. The minimum atomic E-state index is -0.586. The van der Waals surface area contributed by atoms with E-state index in [1.807, 2.05) is 24.3 Å². The van der Waals surface area contributed by atoms with Gasteiger partial charge in [-0.3, -0.25) is 5.32 Å². The zero-order valence-corrected chi connectivity index (χ0v) is 19.4. The Morgan fingerprint density at radius 2 is 1.92 bits per heavy atom. The number of fused-ring (bicyclic) bond motifs is 2. The van der Waals surface area contributed by atoms with Crippen LogP contribution in [0.4, 0.5) is 16.4 Å². The highest BCUT2D eigenvalue weighted by Crippen LogP contribution is 2.36. The Bertz CT molecular complexity index is 1270. The fraction of sp³-hybridized carbons (Fsp3) is 0.320. The third kappa shape index (κ3) is 4.45. The van der Waals surface area contributed by atoms with Gasteiger partial charge in [-0.25, -0.2) is 14.8 Å². The number of ether oxygens (including phenoxy) is 6. The van der Waals surface area contributed by atoms with Crippen LogP contribution in [0.1, 0.15) is 0 Å². The lowest BCUT2D eigenvalue weighted by molar-refractivity contribution is 0.00917. The highest BCUT2D eigenvalue weighted by molar-refractivity contribution is 5.85. The SMILES string of the molecule is COc1cccc(NC(=O)O[C@H]2CO[C@@H]3[C@@H]2OC[C@@H]3Nc2nccc(-c3ccc4c(c3)OCO4)n2)c1. The number of amides is 1. The van der Waals surface area contributed by atoms with Crippen LogP contribution < -0.4 is 24.8 Å². The van der Waals surface area contributed by atoms with Gasteiger partial charge in [-0.1, -0.05) is 6.07 Å². The summed E-state index contributed by atoms with van der Waals surface area (Å²) in [6.45, 7) is 0.814. The van der Waals surface area contributed by atoms with Crippen molar-refractivity contribution >= 4 is 17.7 Å². The first-order valence-electron chi connectivity index (χ1n) is 11.5. The van der Waals surface area contributed by atoms with Crippen molar-refractivity contribution in [3.8, 4) is 28.5 Å². The van der Waals surface area contributed by atoms with Crippen LogP contribution in [0.15, 0.2) is 54.7 Å². The standard InChI is InChI=1S/C25H24N4O7/c1-31-16-4-2-3-15(10-16)27-25(30)36-21-12-33-22-18(11-32-23(21)22)29-24-26-8-7-17(28-24)14-5-6-19-20(9-14)35-13-34-19/h2-10,18,21-23H,11-13H2,1H3,(H,27,30)(H,26,28,29)/t18-,21-,22-,23+/m0/s1. The number of carbonyl (C=O) groups is 1. The maximum absolute atomic E-state index is 12.4. The minimum absolute atomic E-state index is 0.197. The second-order valence-corrected chi connectivity index (χ2v) is 8.48. The predicted molar refractivity (Wildman–Crippen MR) is 127 cm³/mol. The molecule has 1 aromatic heterocycles. The van der Waals surface area contributed by atoms with E-state index in [-0.39, 0.29) is 25.5 Å². The lowest BCUT2D eigenvalue weighted by atomic mass is 10.1. The zero-order valence-electron chi connectivity index (χ0n) is 19.4. The predicted octanol–water partition coefficient (Wildman–Crippen LogP) is 3.08. The van der Waals surface area contributed by atoms with Crippen molar-refractivity contribution in [1.29, 1.82) is 0 Å². The molecule has 0 aliphatic carbocycles. The normalized spacial score (nSPS) is 23.7. The molecule has 1 amide bonds. The summed E-state index contributed by atoms with van der Waals surface area (Å²) in [5, 5.41) is 6.01. The lowest BCUT2D eigenvalue weighted by Crippen LogP contribution is -2.38. The molecular formula is C25H24N4O7. The number of nitrogens with one attached hydrogen (secondary N) is 2. The van der Waals surface area contributed by atoms with Gasteiger partial charge in [0.05, 0.1) is 32.1 Å². The van der Waals surface area contributed by atoms with Gasteiger partial charge in [0.25, 0.3) is 0 Å². The highest BCUT2D eigenvalue weighted by Gasteiger charge is 2.49. The molecule has 2 fully saturated rings. The van der Waals surface area contributed by atoms with Crippen LogP contribution in [0.5, 0.6) is 17.2 Å². The van der Waals surface area contributed by atoms with E-state index < -0.39 is 18.3 Å². The summed E-state index contributed by atoms with van der Waals surface area (Å²) in [7, 11) is 1.56. The zero-order chi connectivity index (χ0) is 24.5. The van der Waals surface area contributed by atoms with Crippen molar-refractivity contribution in [2.75, 3.05) is 37.8 Å². The summed E-state index contributed by atoms with van der Waals surface area (Å²) in [5.41, 5.74) is 2.20. The first-order chi connectivity index (χ1) is 17.7. The van der Waals surface area contributed by atoms with Crippen LogP contribution in [0.2, 0.25) is 0 Å². The van der Waals surface area contributed by atoms with Gasteiger partial charge in [0.1, 0.15) is 18.0 Å². The second kappa shape index (κ2) is 9.51. The Balaban J connectivity index is 1.08. The second-order valence-electron chi connectivity index (χ2n) is 8.48. The number of aromatic nitrogens is 2. The maximum Gasteiger partial charge on any atom is 0.412 e. The molecular weight excluding hydrogens is 468 g/mol. The smallest absolute Gasteiger partial charge is 0.412 e. The number of hydrogen-bond donors (Lipinski definition) is 2. The average molecular weight is 492 g/mol. The van der Waals surface area contributed by atoms with E-state index in [2.05, 4.69) is 20.6 Å². The largest absolute Gasteiger partial charge is 0.497 e. The number of hydrogen-bond acceptors (Lipinski definition) is 10. The van der Waals surface area contributed by atoms with E-state index in [1.165, 1.54) is 0 Å². The molecule has 3 aromatic rings. The van der Waals surface area contributed by atoms with Crippen LogP contribution in [-0.2, 0) is 14.2 Å². The molecule has 11 nitrogen and oxygen atoms in total. The molecule has 0 unspecified atom stereocenters. The van der Waals surface area contributed by atoms with Gasteiger partial charge in [0, 0.05) is 23.5 Å². The Hall–Kier alpha value is -4.09. The van der Waals surface area contributed by atoms with Crippen molar-refractivity contribution in [2.45, 2.75) is 24.4 Å². The summed E-state index contributed by atoms with van der Waals surface area (Å²) in [5.74, 6) is 2.49. The van der Waals surface area contributed by atoms with Gasteiger partial charge < -0.3 is 33.7 Å². The number of benzene rings is 2. The molecule has 36 heavy (non-hydrogen) atoms. The summed E-state index contributed by atoms with van der Waals surface area (Å²) in [6, 6.07) is 14.3. The van der Waals surface area contributed by atoms with Crippen molar-refractivity contribution in [2.24, 2.45) is 0 Å². The van der Waals surface area contributed by atoms with Gasteiger partial charge in [-0.05, 0) is 36.4 Å². The molecule has 4 atom stereocenters. The summed E-state index contributed by atoms with van der Waals surface area (Å²) < 4.78 is 33.5. The molecule has 4 heterocycles. The fourth-order valence-electron chi connectivity index (χ4n) is 4.49. The van der Waals surface area contributed by atoms with Gasteiger partial charge in [-0.2, -0.15) is 0 Å². The minimum Gasteiger partial charge on any atom is -0.497 e. The first kappa shape index (κ1) is 22.4. The molecule has 2 N–H and O–H groups in total. The molecule has 2 aromatic carbocycles. The van der Waals surface area contributed by atoms with Crippen LogP contribution in [0, 0.1) is 0 Å².